The Bertz CT molecular complexity index is 808. The van der Waals surface area contributed by atoms with Crippen molar-refractivity contribution in [2.45, 2.75) is 13.8 Å². The molecular formula is C20H18O4. The van der Waals surface area contributed by atoms with Crippen molar-refractivity contribution in [1.29, 1.82) is 0 Å². The zero-order chi connectivity index (χ0) is 17.7. The maximum Gasteiger partial charge on any atom is 0.193 e. The molecule has 0 atom stereocenters. The van der Waals surface area contributed by atoms with E-state index in [1.54, 1.807) is 42.5 Å². The SMILES string of the molecule is CC(=O)C(=C(/C)O)/C(=C\c1ccc(O)cc1)C(=O)c1ccccc1. The molecule has 0 heterocycles. The smallest absolute Gasteiger partial charge is 0.193 e. The van der Waals surface area contributed by atoms with Gasteiger partial charge in [0.15, 0.2) is 11.6 Å². The van der Waals surface area contributed by atoms with Gasteiger partial charge in [0.1, 0.15) is 11.5 Å². The van der Waals surface area contributed by atoms with Gasteiger partial charge in [-0.15, -0.1) is 0 Å². The molecule has 2 N–H and O–H groups in total. The van der Waals surface area contributed by atoms with Crippen molar-refractivity contribution >= 4 is 17.6 Å². The molecular weight excluding hydrogens is 304 g/mol. The number of rotatable bonds is 5. The Hall–Kier alpha value is -3.14. The largest absolute Gasteiger partial charge is 0.512 e. The Morgan fingerprint density at radius 1 is 0.917 bits per heavy atom. The summed E-state index contributed by atoms with van der Waals surface area (Å²) in [7, 11) is 0. The van der Waals surface area contributed by atoms with Crippen LogP contribution in [0.2, 0.25) is 0 Å². The van der Waals surface area contributed by atoms with Gasteiger partial charge in [-0.3, -0.25) is 9.59 Å². The van der Waals surface area contributed by atoms with Crippen molar-refractivity contribution in [2.75, 3.05) is 0 Å². The molecule has 0 saturated carbocycles. The summed E-state index contributed by atoms with van der Waals surface area (Å²) in [5, 5.41) is 19.3. The Kier molecular flexibility index (Phi) is 5.32. The van der Waals surface area contributed by atoms with Crippen molar-refractivity contribution in [2.24, 2.45) is 0 Å². The number of hydrogen-bond acceptors (Lipinski definition) is 4. The number of hydrogen-bond donors (Lipinski definition) is 2. The standard InChI is InChI=1S/C20H18O4/c1-13(21)19(14(2)22)18(12-15-8-10-17(23)11-9-15)20(24)16-6-4-3-5-7-16/h3-12,21,23H,1-2H3/b18-12+,19-13+. The summed E-state index contributed by atoms with van der Waals surface area (Å²) >= 11 is 0. The summed E-state index contributed by atoms with van der Waals surface area (Å²) in [5.41, 5.74) is 1.14. The lowest BCUT2D eigenvalue weighted by atomic mass is 9.92. The highest BCUT2D eigenvalue weighted by Gasteiger charge is 2.22. The summed E-state index contributed by atoms with van der Waals surface area (Å²) in [6, 6.07) is 14.8. The maximum atomic E-state index is 12.9. The number of aliphatic hydroxyl groups is 1. The Morgan fingerprint density at radius 3 is 2.00 bits per heavy atom. The van der Waals surface area contributed by atoms with Gasteiger partial charge in [-0.05, 0) is 37.6 Å². The van der Waals surface area contributed by atoms with Crippen molar-refractivity contribution in [3.05, 3.63) is 82.6 Å². The van der Waals surface area contributed by atoms with E-state index in [9.17, 15) is 19.8 Å². The predicted octanol–water partition coefficient (Wildman–Crippen LogP) is 4.08. The van der Waals surface area contributed by atoms with Crippen LogP contribution in [0.4, 0.5) is 0 Å². The number of phenolic OH excluding ortho intramolecular Hbond substituents is 1. The molecule has 0 spiro atoms. The van der Waals surface area contributed by atoms with E-state index in [1.807, 2.05) is 0 Å². The second-order valence-electron chi connectivity index (χ2n) is 5.36. The van der Waals surface area contributed by atoms with Crippen LogP contribution in [-0.4, -0.2) is 21.8 Å². The number of benzene rings is 2. The third-order valence-corrected chi connectivity index (χ3v) is 3.47. The maximum absolute atomic E-state index is 12.9. The highest BCUT2D eigenvalue weighted by atomic mass is 16.3. The number of aliphatic hydroxyl groups excluding tert-OH is 1. The van der Waals surface area contributed by atoms with Gasteiger partial charge in [0.2, 0.25) is 0 Å². The van der Waals surface area contributed by atoms with Gasteiger partial charge in [0.05, 0.1) is 5.57 Å². The molecule has 0 amide bonds. The first-order valence-electron chi connectivity index (χ1n) is 7.41. The third kappa shape index (κ3) is 3.98. The second-order valence-corrected chi connectivity index (χ2v) is 5.36. The Morgan fingerprint density at radius 2 is 1.50 bits per heavy atom. The van der Waals surface area contributed by atoms with Crippen LogP contribution in [0, 0.1) is 0 Å². The number of Topliss-reactive ketones (excluding diaryl/α,β-unsaturated/α-hetero) is 2. The van der Waals surface area contributed by atoms with Crippen molar-refractivity contribution in [3.63, 3.8) is 0 Å². The van der Waals surface area contributed by atoms with Gasteiger partial charge in [0, 0.05) is 11.1 Å². The molecule has 0 aliphatic rings. The fraction of sp³-hybridized carbons (Fsp3) is 0.100. The number of carbonyl (C=O) groups is 2. The molecule has 2 aromatic rings. The number of aromatic hydroxyl groups is 1. The molecule has 0 saturated heterocycles. The fourth-order valence-electron chi connectivity index (χ4n) is 2.37. The van der Waals surface area contributed by atoms with Gasteiger partial charge in [-0.25, -0.2) is 0 Å². The van der Waals surface area contributed by atoms with E-state index in [4.69, 9.17) is 0 Å². The van der Waals surface area contributed by atoms with Crippen LogP contribution >= 0.6 is 0 Å². The highest BCUT2D eigenvalue weighted by Crippen LogP contribution is 2.23. The minimum atomic E-state index is -0.399. The average Bonchev–Trinajstić information content (AvgIpc) is 2.55. The lowest BCUT2D eigenvalue weighted by molar-refractivity contribution is -0.113. The molecule has 0 radical (unpaired) electrons. The van der Waals surface area contributed by atoms with Gasteiger partial charge in [-0.2, -0.15) is 0 Å². The lowest BCUT2D eigenvalue weighted by Crippen LogP contribution is -2.12. The van der Waals surface area contributed by atoms with Gasteiger partial charge in [-0.1, -0.05) is 42.5 Å². The third-order valence-electron chi connectivity index (χ3n) is 3.47. The van der Waals surface area contributed by atoms with E-state index in [2.05, 4.69) is 0 Å². The lowest BCUT2D eigenvalue weighted by Gasteiger charge is -2.11. The zero-order valence-electron chi connectivity index (χ0n) is 13.5. The van der Waals surface area contributed by atoms with Crippen LogP contribution in [0.15, 0.2) is 71.5 Å². The minimum Gasteiger partial charge on any atom is -0.512 e. The normalized spacial score (nSPS) is 12.5. The van der Waals surface area contributed by atoms with Crippen LogP contribution in [0.3, 0.4) is 0 Å². The topological polar surface area (TPSA) is 74.6 Å². The molecule has 0 aliphatic carbocycles. The molecule has 0 bridgehead atoms. The van der Waals surface area contributed by atoms with Crippen molar-refractivity contribution in [1.82, 2.24) is 0 Å². The average molecular weight is 322 g/mol. The van der Waals surface area contributed by atoms with Crippen LogP contribution in [0.25, 0.3) is 6.08 Å². The first kappa shape index (κ1) is 17.2. The van der Waals surface area contributed by atoms with E-state index < -0.39 is 5.78 Å². The van der Waals surface area contributed by atoms with E-state index in [1.165, 1.54) is 32.1 Å². The first-order valence-corrected chi connectivity index (χ1v) is 7.41. The molecule has 0 unspecified atom stereocenters. The highest BCUT2D eigenvalue weighted by molar-refractivity contribution is 6.20. The predicted molar refractivity (Wildman–Crippen MR) is 92.9 cm³/mol. The summed E-state index contributed by atoms with van der Waals surface area (Å²) in [4.78, 5) is 24.8. The van der Waals surface area contributed by atoms with Crippen molar-refractivity contribution in [3.8, 4) is 5.75 Å². The second kappa shape index (κ2) is 7.42. The summed E-state index contributed by atoms with van der Waals surface area (Å²) in [6.07, 6.45) is 1.53. The monoisotopic (exact) mass is 322 g/mol. The van der Waals surface area contributed by atoms with Crippen molar-refractivity contribution < 1.29 is 19.8 Å². The van der Waals surface area contributed by atoms with E-state index in [0.717, 1.165) is 0 Å². The number of carbonyl (C=O) groups excluding carboxylic acids is 2. The van der Waals surface area contributed by atoms with Crippen LogP contribution in [-0.2, 0) is 4.79 Å². The molecule has 0 aromatic heterocycles. The van der Waals surface area contributed by atoms with Gasteiger partial charge < -0.3 is 10.2 Å². The first-order chi connectivity index (χ1) is 11.4. The summed E-state index contributed by atoms with van der Waals surface area (Å²) in [6.45, 7) is 2.68. The molecule has 2 rings (SSSR count). The number of allylic oxidation sites excluding steroid dienone is 3. The van der Waals surface area contributed by atoms with Gasteiger partial charge >= 0.3 is 0 Å². The van der Waals surface area contributed by atoms with Crippen LogP contribution in [0.5, 0.6) is 5.75 Å². The molecule has 2 aromatic carbocycles. The zero-order valence-corrected chi connectivity index (χ0v) is 13.5. The van der Waals surface area contributed by atoms with Crippen LogP contribution < -0.4 is 0 Å². The summed E-state index contributed by atoms with van der Waals surface area (Å²) in [5.74, 6) is -0.868. The summed E-state index contributed by atoms with van der Waals surface area (Å²) < 4.78 is 0. The van der Waals surface area contributed by atoms with E-state index in [0.29, 0.717) is 11.1 Å². The van der Waals surface area contributed by atoms with Gasteiger partial charge in [0.25, 0.3) is 0 Å². The molecule has 24 heavy (non-hydrogen) atoms. The minimum absolute atomic E-state index is 0.0167. The van der Waals surface area contributed by atoms with E-state index >= 15 is 0 Å². The molecule has 0 aliphatic heterocycles. The Labute approximate surface area is 140 Å². The van der Waals surface area contributed by atoms with E-state index in [-0.39, 0.29) is 28.4 Å². The Balaban J connectivity index is 2.61. The molecule has 122 valence electrons. The number of phenols is 1. The molecule has 4 nitrogen and oxygen atoms in total. The number of ketones is 2. The fourth-order valence-corrected chi connectivity index (χ4v) is 2.37. The van der Waals surface area contributed by atoms with Crippen LogP contribution in [0.1, 0.15) is 29.8 Å². The molecule has 4 heteroatoms. The quantitative estimate of drug-likeness (QED) is 0.376. The molecule has 0 fully saturated rings.